The van der Waals surface area contributed by atoms with E-state index in [0.29, 0.717) is 10.2 Å². The lowest BCUT2D eigenvalue weighted by Gasteiger charge is -2.14. The fourth-order valence-corrected chi connectivity index (χ4v) is 1.95. The zero-order valence-corrected chi connectivity index (χ0v) is 12.1. The first-order valence-corrected chi connectivity index (χ1v) is 7.04. The molecular formula is C14H20BrFO. The second-order valence-electron chi connectivity index (χ2n) is 4.35. The van der Waals surface area contributed by atoms with Crippen LogP contribution in [0.25, 0.3) is 0 Å². The van der Waals surface area contributed by atoms with Crippen LogP contribution >= 0.6 is 15.9 Å². The lowest BCUT2D eigenvalue weighted by Crippen LogP contribution is -2.11. The molecule has 0 saturated carbocycles. The molecular weight excluding hydrogens is 283 g/mol. The largest absolute Gasteiger partial charge is 0.491 e. The highest BCUT2D eigenvalue weighted by Gasteiger charge is 2.06. The van der Waals surface area contributed by atoms with Crippen molar-refractivity contribution < 1.29 is 9.13 Å². The number of halogens is 2. The van der Waals surface area contributed by atoms with Gasteiger partial charge in [-0.25, -0.2) is 4.39 Å². The number of hydrogen-bond donors (Lipinski definition) is 0. The van der Waals surface area contributed by atoms with E-state index in [2.05, 4.69) is 22.9 Å². The van der Waals surface area contributed by atoms with E-state index < -0.39 is 0 Å². The number of rotatable bonds is 7. The van der Waals surface area contributed by atoms with Crippen molar-refractivity contribution in [3.63, 3.8) is 0 Å². The molecule has 0 aliphatic carbocycles. The summed E-state index contributed by atoms with van der Waals surface area (Å²) in [5.74, 6) is 0.328. The molecule has 0 amide bonds. The van der Waals surface area contributed by atoms with Crippen molar-refractivity contribution in [3.8, 4) is 5.75 Å². The van der Waals surface area contributed by atoms with Gasteiger partial charge in [0, 0.05) is 6.07 Å². The second kappa shape index (κ2) is 7.70. The Morgan fingerprint density at radius 3 is 2.71 bits per heavy atom. The van der Waals surface area contributed by atoms with Crippen molar-refractivity contribution in [1.82, 2.24) is 0 Å². The molecule has 1 aromatic carbocycles. The molecule has 1 nitrogen and oxygen atoms in total. The van der Waals surface area contributed by atoms with Gasteiger partial charge in [-0.15, -0.1) is 0 Å². The third kappa shape index (κ3) is 5.53. The highest BCUT2D eigenvalue weighted by atomic mass is 79.9. The molecule has 3 heteroatoms. The Labute approximate surface area is 111 Å². The van der Waals surface area contributed by atoms with Crippen LogP contribution in [0.2, 0.25) is 0 Å². The first kappa shape index (κ1) is 14.5. The summed E-state index contributed by atoms with van der Waals surface area (Å²) in [6.07, 6.45) is 6.12. The molecule has 1 atom stereocenters. The Morgan fingerprint density at radius 1 is 1.29 bits per heavy atom. The molecule has 96 valence electrons. The molecule has 0 spiro atoms. The van der Waals surface area contributed by atoms with Crippen LogP contribution in [-0.4, -0.2) is 6.10 Å². The first-order valence-electron chi connectivity index (χ1n) is 6.25. The summed E-state index contributed by atoms with van der Waals surface area (Å²) in [7, 11) is 0. The van der Waals surface area contributed by atoms with Crippen LogP contribution in [0.3, 0.4) is 0 Å². The van der Waals surface area contributed by atoms with Gasteiger partial charge in [-0.3, -0.25) is 0 Å². The van der Waals surface area contributed by atoms with E-state index in [1.165, 1.54) is 31.7 Å². The minimum atomic E-state index is -0.277. The maximum atomic E-state index is 13.3. The predicted octanol–water partition coefficient (Wildman–Crippen LogP) is 5.33. The van der Waals surface area contributed by atoms with Gasteiger partial charge in [0.05, 0.1) is 10.6 Å². The van der Waals surface area contributed by atoms with E-state index in [0.717, 1.165) is 6.42 Å². The normalized spacial score (nSPS) is 12.5. The van der Waals surface area contributed by atoms with Gasteiger partial charge >= 0.3 is 0 Å². The molecule has 0 radical (unpaired) electrons. The van der Waals surface area contributed by atoms with Crippen LogP contribution in [0.15, 0.2) is 22.7 Å². The van der Waals surface area contributed by atoms with Gasteiger partial charge in [0.15, 0.2) is 0 Å². The second-order valence-corrected chi connectivity index (χ2v) is 5.21. The van der Waals surface area contributed by atoms with E-state index in [9.17, 15) is 4.39 Å². The maximum absolute atomic E-state index is 13.3. The minimum absolute atomic E-state index is 0.146. The molecule has 0 aliphatic heterocycles. The summed E-state index contributed by atoms with van der Waals surface area (Å²) in [5.41, 5.74) is 0. The van der Waals surface area contributed by atoms with E-state index >= 15 is 0 Å². The topological polar surface area (TPSA) is 9.23 Å². The van der Waals surface area contributed by atoms with Crippen molar-refractivity contribution in [2.45, 2.75) is 52.1 Å². The molecule has 0 fully saturated rings. The van der Waals surface area contributed by atoms with Crippen LogP contribution in [0, 0.1) is 5.82 Å². The highest BCUT2D eigenvalue weighted by Crippen LogP contribution is 2.22. The molecule has 0 bridgehead atoms. The standard InChI is InChI=1S/C14H20BrFO/c1-3-4-5-6-7-11(2)17-12-8-9-13(15)14(16)10-12/h8-11H,3-7H2,1-2H3. The Bertz CT molecular complexity index is 341. The van der Waals surface area contributed by atoms with Gasteiger partial charge in [0.2, 0.25) is 0 Å². The third-order valence-corrected chi connectivity index (χ3v) is 3.34. The molecule has 17 heavy (non-hydrogen) atoms. The summed E-state index contributed by atoms with van der Waals surface area (Å²) in [6, 6.07) is 4.89. The number of hydrogen-bond acceptors (Lipinski definition) is 1. The van der Waals surface area contributed by atoms with Gasteiger partial charge in [-0.1, -0.05) is 26.2 Å². The molecule has 0 heterocycles. The van der Waals surface area contributed by atoms with E-state index in [1.807, 2.05) is 6.92 Å². The predicted molar refractivity (Wildman–Crippen MR) is 72.9 cm³/mol. The number of ether oxygens (including phenoxy) is 1. The zero-order chi connectivity index (χ0) is 12.7. The Morgan fingerprint density at radius 2 is 2.06 bits per heavy atom. The van der Waals surface area contributed by atoms with Crippen molar-refractivity contribution in [2.75, 3.05) is 0 Å². The lowest BCUT2D eigenvalue weighted by atomic mass is 10.1. The average molecular weight is 303 g/mol. The smallest absolute Gasteiger partial charge is 0.141 e. The summed E-state index contributed by atoms with van der Waals surface area (Å²) in [4.78, 5) is 0. The van der Waals surface area contributed by atoms with E-state index in [1.54, 1.807) is 12.1 Å². The summed E-state index contributed by atoms with van der Waals surface area (Å²) < 4.78 is 19.4. The Hall–Kier alpha value is -0.570. The van der Waals surface area contributed by atoms with Gasteiger partial charge in [-0.2, -0.15) is 0 Å². The summed E-state index contributed by atoms with van der Waals surface area (Å²) in [6.45, 7) is 4.23. The number of unbranched alkanes of at least 4 members (excludes halogenated alkanes) is 3. The van der Waals surface area contributed by atoms with E-state index in [-0.39, 0.29) is 11.9 Å². The molecule has 0 N–H and O–H groups in total. The Balaban J connectivity index is 2.34. The first-order chi connectivity index (χ1) is 8.13. The fourth-order valence-electron chi connectivity index (χ4n) is 1.70. The van der Waals surface area contributed by atoms with Gasteiger partial charge in [-0.05, 0) is 47.8 Å². The molecule has 0 aromatic heterocycles. The van der Waals surface area contributed by atoms with Crippen molar-refractivity contribution in [3.05, 3.63) is 28.5 Å². The van der Waals surface area contributed by atoms with Crippen LogP contribution in [0.4, 0.5) is 4.39 Å². The van der Waals surface area contributed by atoms with Crippen LogP contribution < -0.4 is 4.74 Å². The number of benzene rings is 1. The highest BCUT2D eigenvalue weighted by molar-refractivity contribution is 9.10. The van der Waals surface area contributed by atoms with Crippen molar-refractivity contribution >= 4 is 15.9 Å². The lowest BCUT2D eigenvalue weighted by molar-refractivity contribution is 0.205. The van der Waals surface area contributed by atoms with Crippen LogP contribution in [0.1, 0.15) is 46.0 Å². The maximum Gasteiger partial charge on any atom is 0.141 e. The minimum Gasteiger partial charge on any atom is -0.491 e. The molecule has 1 unspecified atom stereocenters. The van der Waals surface area contributed by atoms with Crippen LogP contribution in [-0.2, 0) is 0 Å². The average Bonchev–Trinajstić information content (AvgIpc) is 2.30. The molecule has 1 aromatic rings. The van der Waals surface area contributed by atoms with Gasteiger partial charge in [0.1, 0.15) is 11.6 Å². The zero-order valence-electron chi connectivity index (χ0n) is 10.5. The van der Waals surface area contributed by atoms with Gasteiger partial charge in [0.25, 0.3) is 0 Å². The van der Waals surface area contributed by atoms with Crippen molar-refractivity contribution in [2.24, 2.45) is 0 Å². The monoisotopic (exact) mass is 302 g/mol. The molecule has 0 saturated heterocycles. The quantitative estimate of drug-likeness (QED) is 0.619. The molecule has 1 rings (SSSR count). The summed E-state index contributed by atoms with van der Waals surface area (Å²) in [5, 5.41) is 0. The van der Waals surface area contributed by atoms with Crippen LogP contribution in [0.5, 0.6) is 5.75 Å². The third-order valence-electron chi connectivity index (χ3n) is 2.69. The van der Waals surface area contributed by atoms with Crippen molar-refractivity contribution in [1.29, 1.82) is 0 Å². The van der Waals surface area contributed by atoms with Gasteiger partial charge < -0.3 is 4.74 Å². The summed E-state index contributed by atoms with van der Waals surface area (Å²) >= 11 is 3.12. The van der Waals surface area contributed by atoms with E-state index in [4.69, 9.17) is 4.74 Å². The SMILES string of the molecule is CCCCCCC(C)Oc1ccc(Br)c(F)c1. The molecule has 0 aliphatic rings. The Kier molecular flexibility index (Phi) is 6.56. The fraction of sp³-hybridized carbons (Fsp3) is 0.571.